The van der Waals surface area contributed by atoms with Crippen LogP contribution in [0.2, 0.25) is 0 Å². The molecule has 0 unspecified atom stereocenters. The number of nitrogens with zero attached hydrogens (tertiary/aromatic N) is 3. The normalized spacial score (nSPS) is 19.8. The first kappa shape index (κ1) is 11.4. The molecule has 0 aliphatic carbocycles. The van der Waals surface area contributed by atoms with E-state index in [1.165, 1.54) is 16.7 Å². The summed E-state index contributed by atoms with van der Waals surface area (Å²) in [5, 5.41) is -0.134. The maximum absolute atomic E-state index is 12.1. The van der Waals surface area contributed by atoms with Crippen LogP contribution in [0.15, 0.2) is 23.6 Å². The van der Waals surface area contributed by atoms with Crippen molar-refractivity contribution in [1.82, 2.24) is 14.3 Å². The van der Waals surface area contributed by atoms with E-state index in [0.717, 1.165) is 0 Å². The molecule has 1 aromatic heterocycles. The van der Waals surface area contributed by atoms with Crippen LogP contribution in [0.1, 0.15) is 12.8 Å². The molecule has 0 radical (unpaired) electrons. The van der Waals surface area contributed by atoms with Gasteiger partial charge < -0.3 is 5.73 Å². The highest BCUT2D eigenvalue weighted by atomic mass is 32.2. The monoisotopic (exact) mass is 242 g/mol. The Balaban J connectivity index is 2.20. The summed E-state index contributed by atoms with van der Waals surface area (Å²) in [6.07, 6.45) is 4.23. The van der Waals surface area contributed by atoms with Gasteiger partial charge in [-0.15, -0.1) is 0 Å². The van der Waals surface area contributed by atoms with Crippen LogP contribution in [0.3, 0.4) is 0 Å². The van der Waals surface area contributed by atoms with Gasteiger partial charge in [0.05, 0.1) is 0 Å². The highest BCUT2D eigenvalue weighted by Gasteiger charge is 2.29. The largest absolute Gasteiger partial charge is 0.328 e. The fourth-order valence-corrected chi connectivity index (χ4v) is 2.96. The van der Waals surface area contributed by atoms with Gasteiger partial charge in [-0.2, -0.15) is 4.31 Å². The van der Waals surface area contributed by atoms with Crippen LogP contribution in [-0.4, -0.2) is 41.8 Å². The Morgan fingerprint density at radius 1 is 1.25 bits per heavy atom. The van der Waals surface area contributed by atoms with Crippen LogP contribution in [0, 0.1) is 0 Å². The summed E-state index contributed by atoms with van der Waals surface area (Å²) in [4.78, 5) is 7.55. The number of nitrogens with two attached hydrogens (primary N) is 1. The maximum atomic E-state index is 12.1. The number of piperidine rings is 1. The van der Waals surface area contributed by atoms with Crippen molar-refractivity contribution < 1.29 is 8.42 Å². The first-order valence-corrected chi connectivity index (χ1v) is 6.57. The Morgan fingerprint density at radius 3 is 2.38 bits per heavy atom. The molecular formula is C9H14N4O2S. The molecule has 0 amide bonds. The van der Waals surface area contributed by atoms with Gasteiger partial charge in [-0.3, -0.25) is 0 Å². The summed E-state index contributed by atoms with van der Waals surface area (Å²) in [5.41, 5.74) is 5.73. The topological polar surface area (TPSA) is 89.2 Å². The second-order valence-corrected chi connectivity index (χ2v) is 5.60. The van der Waals surface area contributed by atoms with E-state index in [1.54, 1.807) is 6.07 Å². The van der Waals surface area contributed by atoms with E-state index in [-0.39, 0.29) is 11.2 Å². The lowest BCUT2D eigenvalue weighted by molar-refractivity contribution is 0.318. The van der Waals surface area contributed by atoms with E-state index in [1.807, 2.05) is 0 Å². The molecule has 1 fully saturated rings. The summed E-state index contributed by atoms with van der Waals surface area (Å²) in [6, 6.07) is 1.69. The zero-order valence-electron chi connectivity index (χ0n) is 8.78. The first-order valence-electron chi connectivity index (χ1n) is 5.13. The first-order chi connectivity index (χ1) is 7.60. The summed E-state index contributed by atoms with van der Waals surface area (Å²) in [6.45, 7) is 0.892. The van der Waals surface area contributed by atoms with Crippen LogP contribution in [0.25, 0.3) is 0 Å². The van der Waals surface area contributed by atoms with Gasteiger partial charge >= 0.3 is 0 Å². The SMILES string of the molecule is NC1CCN(S(=O)(=O)c2ncccn2)CC1. The summed E-state index contributed by atoms with van der Waals surface area (Å²) >= 11 is 0. The Hall–Kier alpha value is -1.05. The average molecular weight is 242 g/mol. The molecule has 1 aliphatic heterocycles. The fourth-order valence-electron chi connectivity index (χ4n) is 1.65. The summed E-state index contributed by atoms with van der Waals surface area (Å²) in [7, 11) is -3.53. The predicted molar refractivity (Wildman–Crippen MR) is 58.0 cm³/mol. The fraction of sp³-hybridized carbons (Fsp3) is 0.556. The minimum absolute atomic E-state index is 0.100. The Kier molecular flexibility index (Phi) is 3.17. The molecule has 16 heavy (non-hydrogen) atoms. The van der Waals surface area contributed by atoms with Crippen LogP contribution in [0.5, 0.6) is 0 Å². The molecule has 1 aromatic rings. The van der Waals surface area contributed by atoms with E-state index in [0.29, 0.717) is 25.9 Å². The number of rotatable bonds is 2. The van der Waals surface area contributed by atoms with Crippen LogP contribution in [0.4, 0.5) is 0 Å². The van der Waals surface area contributed by atoms with Gasteiger partial charge in [-0.25, -0.2) is 18.4 Å². The van der Waals surface area contributed by atoms with Gasteiger partial charge in [-0.1, -0.05) is 0 Å². The molecule has 7 heteroatoms. The van der Waals surface area contributed by atoms with E-state index in [9.17, 15) is 8.42 Å². The quantitative estimate of drug-likeness (QED) is 0.712. The lowest BCUT2D eigenvalue weighted by Crippen LogP contribution is -2.43. The number of hydrogen-bond donors (Lipinski definition) is 1. The van der Waals surface area contributed by atoms with Crippen LogP contribution < -0.4 is 5.73 Å². The second-order valence-electron chi connectivity index (χ2n) is 3.77. The van der Waals surface area contributed by atoms with Crippen molar-refractivity contribution in [2.45, 2.75) is 24.0 Å². The molecule has 6 nitrogen and oxygen atoms in total. The van der Waals surface area contributed by atoms with Crippen molar-refractivity contribution in [2.24, 2.45) is 5.73 Å². The third-order valence-corrected chi connectivity index (χ3v) is 4.33. The van der Waals surface area contributed by atoms with Gasteiger partial charge in [0.25, 0.3) is 15.2 Å². The van der Waals surface area contributed by atoms with Crippen LogP contribution >= 0.6 is 0 Å². The minimum atomic E-state index is -3.53. The summed E-state index contributed by atoms with van der Waals surface area (Å²) in [5.74, 6) is 0. The van der Waals surface area contributed by atoms with Gasteiger partial charge in [0, 0.05) is 31.5 Å². The Labute approximate surface area is 94.6 Å². The highest BCUT2D eigenvalue weighted by Crippen LogP contribution is 2.16. The van der Waals surface area contributed by atoms with Gasteiger partial charge in [0.2, 0.25) is 0 Å². The van der Waals surface area contributed by atoms with Gasteiger partial charge in [0.15, 0.2) is 0 Å². The van der Waals surface area contributed by atoms with E-state index in [2.05, 4.69) is 9.97 Å². The number of sulfonamides is 1. The number of hydrogen-bond acceptors (Lipinski definition) is 5. The Morgan fingerprint density at radius 2 is 1.81 bits per heavy atom. The Bertz CT molecular complexity index is 440. The van der Waals surface area contributed by atoms with Gasteiger partial charge in [-0.05, 0) is 18.9 Å². The van der Waals surface area contributed by atoms with Crippen molar-refractivity contribution in [3.63, 3.8) is 0 Å². The third-order valence-electron chi connectivity index (χ3n) is 2.61. The van der Waals surface area contributed by atoms with Crippen LogP contribution in [-0.2, 0) is 10.0 Å². The summed E-state index contributed by atoms with van der Waals surface area (Å²) < 4.78 is 25.5. The maximum Gasteiger partial charge on any atom is 0.278 e. The zero-order valence-corrected chi connectivity index (χ0v) is 9.60. The lowest BCUT2D eigenvalue weighted by Gasteiger charge is -2.28. The van der Waals surface area contributed by atoms with E-state index < -0.39 is 10.0 Å². The van der Waals surface area contributed by atoms with Crippen molar-refractivity contribution in [1.29, 1.82) is 0 Å². The second kappa shape index (κ2) is 4.44. The minimum Gasteiger partial charge on any atom is -0.328 e. The third kappa shape index (κ3) is 2.21. The molecule has 0 bridgehead atoms. The number of aromatic nitrogens is 2. The molecule has 1 saturated heterocycles. The van der Waals surface area contributed by atoms with Crippen molar-refractivity contribution in [3.05, 3.63) is 18.5 Å². The highest BCUT2D eigenvalue weighted by molar-refractivity contribution is 7.88. The van der Waals surface area contributed by atoms with Gasteiger partial charge in [0.1, 0.15) is 0 Å². The van der Waals surface area contributed by atoms with E-state index >= 15 is 0 Å². The molecule has 0 spiro atoms. The molecule has 1 aliphatic rings. The smallest absolute Gasteiger partial charge is 0.278 e. The lowest BCUT2D eigenvalue weighted by atomic mass is 10.1. The molecule has 0 atom stereocenters. The molecular weight excluding hydrogens is 228 g/mol. The molecule has 0 aromatic carbocycles. The molecule has 2 heterocycles. The van der Waals surface area contributed by atoms with E-state index in [4.69, 9.17) is 5.73 Å². The molecule has 88 valence electrons. The molecule has 2 rings (SSSR count). The average Bonchev–Trinajstić information content (AvgIpc) is 2.31. The van der Waals surface area contributed by atoms with Crippen molar-refractivity contribution in [3.8, 4) is 0 Å². The van der Waals surface area contributed by atoms with Crippen molar-refractivity contribution >= 4 is 10.0 Å². The zero-order chi connectivity index (χ0) is 11.6. The molecule has 2 N–H and O–H groups in total. The van der Waals surface area contributed by atoms with Crippen molar-refractivity contribution in [2.75, 3.05) is 13.1 Å². The predicted octanol–water partition coefficient (Wildman–Crippen LogP) is -0.412. The molecule has 0 saturated carbocycles. The standard InChI is InChI=1S/C9H14N4O2S/c10-8-2-6-13(7-3-8)16(14,15)9-11-4-1-5-12-9/h1,4-5,8H,2-3,6-7,10H2.